The molecule has 0 saturated carbocycles. The number of hydrogen-bond acceptors (Lipinski definition) is 9. The predicted molar refractivity (Wildman–Crippen MR) is 114 cm³/mol. The molecule has 0 aliphatic carbocycles. The Labute approximate surface area is 183 Å². The third kappa shape index (κ3) is 3.72. The molecule has 0 amide bonds. The van der Waals surface area contributed by atoms with Gasteiger partial charge in [0.05, 0.1) is 38.6 Å². The zero-order valence-corrected chi connectivity index (χ0v) is 18.2. The fraction of sp³-hybridized carbons (Fsp3) is 0.190. The van der Waals surface area contributed by atoms with Gasteiger partial charge in [-0.1, -0.05) is 6.07 Å². The quantitative estimate of drug-likeness (QED) is 0.406. The van der Waals surface area contributed by atoms with E-state index < -0.39 is 16.1 Å². The number of sulfonamides is 1. The number of ether oxygens (including phenoxy) is 3. The highest BCUT2D eigenvalue weighted by atomic mass is 32.2. The van der Waals surface area contributed by atoms with Crippen molar-refractivity contribution in [2.75, 3.05) is 26.1 Å². The lowest BCUT2D eigenvalue weighted by molar-refractivity contribution is 0.182. The van der Waals surface area contributed by atoms with Gasteiger partial charge in [0.25, 0.3) is 10.0 Å². The van der Waals surface area contributed by atoms with Crippen molar-refractivity contribution in [3.05, 3.63) is 60.5 Å². The van der Waals surface area contributed by atoms with Gasteiger partial charge >= 0.3 is 0 Å². The van der Waals surface area contributed by atoms with E-state index in [-0.39, 0.29) is 39.3 Å². The molecule has 2 N–H and O–H groups in total. The first-order valence-corrected chi connectivity index (χ1v) is 10.8. The minimum absolute atomic E-state index is 0.0992. The van der Waals surface area contributed by atoms with E-state index in [1.807, 2.05) is 0 Å². The number of anilines is 1. The maximum atomic E-state index is 13.2. The highest BCUT2D eigenvalue weighted by molar-refractivity contribution is 7.93. The van der Waals surface area contributed by atoms with Crippen LogP contribution in [0.3, 0.4) is 0 Å². The van der Waals surface area contributed by atoms with Crippen LogP contribution < -0.4 is 18.9 Å². The largest absolute Gasteiger partial charge is 0.496 e. The molecule has 0 radical (unpaired) electrons. The molecule has 2 aromatic carbocycles. The van der Waals surface area contributed by atoms with Gasteiger partial charge in [-0.2, -0.15) is 0 Å². The Morgan fingerprint density at radius 3 is 2.31 bits per heavy atom. The van der Waals surface area contributed by atoms with E-state index in [9.17, 15) is 13.5 Å². The Bertz CT molecular complexity index is 1320. The van der Waals surface area contributed by atoms with Gasteiger partial charge in [0.1, 0.15) is 35.4 Å². The van der Waals surface area contributed by atoms with E-state index in [1.54, 1.807) is 18.2 Å². The number of benzene rings is 2. The lowest BCUT2D eigenvalue weighted by Crippen LogP contribution is -2.15. The number of hydrogen-bond donors (Lipinski definition) is 2. The molecule has 2 heterocycles. The van der Waals surface area contributed by atoms with Crippen LogP contribution in [0.4, 0.5) is 5.69 Å². The number of nitrogens with zero attached hydrogens (tertiary/aromatic N) is 1. The topological polar surface area (TPSA) is 133 Å². The molecule has 0 saturated heterocycles. The van der Waals surface area contributed by atoms with Gasteiger partial charge < -0.3 is 28.2 Å². The molecule has 0 aliphatic rings. The van der Waals surface area contributed by atoms with E-state index in [0.29, 0.717) is 10.9 Å². The zero-order chi connectivity index (χ0) is 22.9. The van der Waals surface area contributed by atoms with Gasteiger partial charge in [-0.05, 0) is 29.8 Å². The summed E-state index contributed by atoms with van der Waals surface area (Å²) in [5, 5.41) is 10.9. The van der Waals surface area contributed by atoms with Crippen LogP contribution in [0.25, 0.3) is 11.0 Å². The van der Waals surface area contributed by atoms with Gasteiger partial charge in [-0.25, -0.2) is 13.4 Å². The predicted octanol–water partition coefficient (Wildman–Crippen LogP) is 3.33. The van der Waals surface area contributed by atoms with Gasteiger partial charge in [0.15, 0.2) is 11.0 Å². The van der Waals surface area contributed by atoms with E-state index in [0.717, 1.165) is 0 Å². The van der Waals surface area contributed by atoms with Crippen LogP contribution in [0.5, 0.6) is 17.2 Å². The summed E-state index contributed by atoms with van der Waals surface area (Å²) in [5.41, 5.74) is 0.823. The summed E-state index contributed by atoms with van der Waals surface area (Å²) in [6.07, 6.45) is 2.85. The Morgan fingerprint density at radius 2 is 1.72 bits per heavy atom. The third-order valence-corrected chi connectivity index (χ3v) is 6.21. The molecule has 4 aromatic rings. The van der Waals surface area contributed by atoms with Crippen LogP contribution >= 0.6 is 0 Å². The molecule has 0 fully saturated rings. The molecule has 0 bridgehead atoms. The summed E-state index contributed by atoms with van der Waals surface area (Å²) in [7, 11) is 0.0159. The van der Waals surface area contributed by atoms with Gasteiger partial charge in [-0.15, -0.1) is 0 Å². The average Bonchev–Trinajstić information content (AvgIpc) is 3.47. The molecule has 1 unspecified atom stereocenters. The van der Waals surface area contributed by atoms with Gasteiger partial charge in [0.2, 0.25) is 5.89 Å². The van der Waals surface area contributed by atoms with Crippen LogP contribution in [0.2, 0.25) is 0 Å². The maximum absolute atomic E-state index is 13.2. The standard InChI is InChI=1S/C21H20N2O8S/c1-27-14-5-4-6-15(28-2)20(14)32(25,26)23-13-11-31-17-10-12(9-16(29-3)18(13)17)19(24)21-22-7-8-30-21/h4-11,19,23-24H,1-3H3. The van der Waals surface area contributed by atoms with Crippen LogP contribution in [-0.2, 0) is 10.0 Å². The lowest BCUT2D eigenvalue weighted by Gasteiger charge is -2.15. The fourth-order valence-electron chi connectivity index (χ4n) is 3.33. The van der Waals surface area contributed by atoms with Crippen LogP contribution in [0.15, 0.2) is 62.8 Å². The SMILES string of the molecule is COc1cccc(OC)c1S(=O)(=O)Nc1coc2cc(C(O)c3ncco3)cc(OC)c12. The summed E-state index contributed by atoms with van der Waals surface area (Å²) in [6, 6.07) is 7.75. The van der Waals surface area contributed by atoms with E-state index in [1.165, 1.54) is 52.2 Å². The Hall–Kier alpha value is -3.70. The van der Waals surface area contributed by atoms with Crippen LogP contribution in [0, 0.1) is 0 Å². The first-order valence-electron chi connectivity index (χ1n) is 9.30. The minimum Gasteiger partial charge on any atom is -0.496 e. The van der Waals surface area contributed by atoms with Crippen LogP contribution in [0.1, 0.15) is 17.6 Å². The molecule has 0 spiro atoms. The first kappa shape index (κ1) is 21.5. The summed E-state index contributed by atoms with van der Waals surface area (Å²) >= 11 is 0. The Balaban J connectivity index is 1.78. The number of aliphatic hydroxyl groups is 1. The monoisotopic (exact) mass is 460 g/mol. The normalized spacial score (nSPS) is 12.5. The van der Waals surface area contributed by atoms with E-state index in [2.05, 4.69) is 9.71 Å². The van der Waals surface area contributed by atoms with Crippen molar-refractivity contribution in [1.29, 1.82) is 0 Å². The molecule has 0 aliphatic heterocycles. The number of methoxy groups -OCH3 is 3. The summed E-state index contributed by atoms with van der Waals surface area (Å²) in [6.45, 7) is 0. The first-order chi connectivity index (χ1) is 15.4. The summed E-state index contributed by atoms with van der Waals surface area (Å²) in [4.78, 5) is 3.79. The lowest BCUT2D eigenvalue weighted by atomic mass is 10.1. The molecule has 11 heteroatoms. The molecule has 168 valence electrons. The highest BCUT2D eigenvalue weighted by Gasteiger charge is 2.27. The Morgan fingerprint density at radius 1 is 1.03 bits per heavy atom. The second kappa shape index (κ2) is 8.44. The molecule has 32 heavy (non-hydrogen) atoms. The third-order valence-electron chi connectivity index (χ3n) is 4.78. The Kier molecular flexibility index (Phi) is 5.68. The maximum Gasteiger partial charge on any atom is 0.269 e. The molecular formula is C21H20N2O8S. The molecule has 4 rings (SSSR count). The number of fused-ring (bicyclic) bond motifs is 1. The van der Waals surface area contributed by atoms with E-state index >= 15 is 0 Å². The minimum atomic E-state index is -4.14. The molecule has 1 atom stereocenters. The highest BCUT2D eigenvalue weighted by Crippen LogP contribution is 2.40. The number of nitrogens with one attached hydrogen (secondary N) is 1. The van der Waals surface area contributed by atoms with Crippen molar-refractivity contribution in [3.8, 4) is 17.2 Å². The van der Waals surface area contributed by atoms with Crippen molar-refractivity contribution in [2.45, 2.75) is 11.0 Å². The van der Waals surface area contributed by atoms with Crippen LogP contribution in [-0.4, -0.2) is 39.8 Å². The van der Waals surface area contributed by atoms with Crippen molar-refractivity contribution in [2.24, 2.45) is 0 Å². The average molecular weight is 460 g/mol. The molecule has 10 nitrogen and oxygen atoms in total. The molecular weight excluding hydrogens is 440 g/mol. The second-order valence-electron chi connectivity index (χ2n) is 6.62. The number of aliphatic hydroxyl groups excluding tert-OH is 1. The zero-order valence-electron chi connectivity index (χ0n) is 17.4. The van der Waals surface area contributed by atoms with Crippen molar-refractivity contribution < 1.29 is 36.6 Å². The fourth-order valence-corrected chi connectivity index (χ4v) is 4.71. The van der Waals surface area contributed by atoms with Gasteiger partial charge in [0, 0.05) is 0 Å². The smallest absolute Gasteiger partial charge is 0.269 e. The van der Waals surface area contributed by atoms with E-state index in [4.69, 9.17) is 23.0 Å². The summed E-state index contributed by atoms with van der Waals surface area (Å²) in [5.74, 6) is 0.615. The molecule has 2 aromatic heterocycles. The number of rotatable bonds is 8. The number of furan rings is 1. The summed E-state index contributed by atoms with van der Waals surface area (Å²) < 4.78 is 55.5. The number of aromatic nitrogens is 1. The van der Waals surface area contributed by atoms with Crippen molar-refractivity contribution in [3.63, 3.8) is 0 Å². The van der Waals surface area contributed by atoms with Crippen molar-refractivity contribution >= 4 is 26.7 Å². The van der Waals surface area contributed by atoms with Gasteiger partial charge in [-0.3, -0.25) is 4.72 Å². The van der Waals surface area contributed by atoms with Crippen molar-refractivity contribution in [1.82, 2.24) is 4.98 Å². The second-order valence-corrected chi connectivity index (χ2v) is 8.23. The number of oxazole rings is 1.